The molecule has 0 unspecified atom stereocenters. The summed E-state index contributed by atoms with van der Waals surface area (Å²) in [6.07, 6.45) is 1.81. The van der Waals surface area contributed by atoms with Gasteiger partial charge in [-0.1, -0.05) is 0 Å². The molecule has 1 rings (SSSR count). The van der Waals surface area contributed by atoms with Gasteiger partial charge in [0.25, 0.3) is 0 Å². The first-order valence-electron chi connectivity index (χ1n) is 4.69. The van der Waals surface area contributed by atoms with E-state index >= 15 is 0 Å². The molecule has 0 aliphatic heterocycles. The van der Waals surface area contributed by atoms with Crippen LogP contribution in [0, 0.1) is 23.0 Å². The van der Waals surface area contributed by atoms with Gasteiger partial charge in [-0.3, -0.25) is 0 Å². The molecular weight excluding hydrogens is 200 g/mol. The summed E-state index contributed by atoms with van der Waals surface area (Å²) in [6.45, 7) is 0.294. The predicted octanol–water partition coefficient (Wildman–Crippen LogP) is 3.04. The number of hydrogen-bond acceptors (Lipinski definition) is 2. The highest BCUT2D eigenvalue weighted by molar-refractivity contribution is 5.24. The third-order valence-electron chi connectivity index (χ3n) is 1.83. The summed E-state index contributed by atoms with van der Waals surface area (Å²) in [7, 11) is 0. The van der Waals surface area contributed by atoms with E-state index in [1.807, 2.05) is 6.07 Å². The average molecular weight is 211 g/mol. The molecule has 0 spiro atoms. The Morgan fingerprint density at radius 2 is 2.07 bits per heavy atom. The second kappa shape index (κ2) is 5.97. The van der Waals surface area contributed by atoms with Crippen molar-refractivity contribution in [2.75, 3.05) is 6.61 Å². The molecule has 0 N–H and O–H groups in total. The number of nitrogens with zero attached hydrogens (tertiary/aromatic N) is 1. The van der Waals surface area contributed by atoms with E-state index in [1.165, 1.54) is 0 Å². The van der Waals surface area contributed by atoms with Gasteiger partial charge >= 0.3 is 0 Å². The van der Waals surface area contributed by atoms with Crippen molar-refractivity contribution in [2.24, 2.45) is 0 Å². The van der Waals surface area contributed by atoms with Crippen molar-refractivity contribution in [1.82, 2.24) is 0 Å². The van der Waals surface area contributed by atoms with Crippen LogP contribution in [-0.4, -0.2) is 6.61 Å². The van der Waals surface area contributed by atoms with Crippen LogP contribution in [0.3, 0.4) is 0 Å². The van der Waals surface area contributed by atoms with Gasteiger partial charge in [-0.15, -0.1) is 0 Å². The van der Waals surface area contributed by atoms with Crippen molar-refractivity contribution in [3.63, 3.8) is 0 Å². The van der Waals surface area contributed by atoms with Crippen LogP contribution < -0.4 is 4.74 Å². The largest absolute Gasteiger partial charge is 0.490 e. The first-order valence-corrected chi connectivity index (χ1v) is 4.69. The highest BCUT2D eigenvalue weighted by Gasteiger charge is 2.04. The Hall–Kier alpha value is -1.63. The first-order chi connectivity index (χ1) is 7.24. The number of hydrogen-bond donors (Lipinski definition) is 0. The van der Waals surface area contributed by atoms with E-state index < -0.39 is 11.6 Å². The number of ether oxygens (including phenoxy) is 1. The van der Waals surface area contributed by atoms with Crippen molar-refractivity contribution in [1.29, 1.82) is 5.26 Å². The van der Waals surface area contributed by atoms with E-state index in [2.05, 4.69) is 0 Å². The lowest BCUT2D eigenvalue weighted by atomic mass is 10.2. The van der Waals surface area contributed by atoms with E-state index in [0.29, 0.717) is 25.9 Å². The normalized spacial score (nSPS) is 9.67. The monoisotopic (exact) mass is 211 g/mol. The Balaban J connectivity index is 2.37. The molecule has 0 aromatic heterocycles. The zero-order chi connectivity index (χ0) is 11.1. The van der Waals surface area contributed by atoms with Gasteiger partial charge in [-0.25, -0.2) is 8.78 Å². The van der Waals surface area contributed by atoms with Crippen LogP contribution >= 0.6 is 0 Å². The summed E-state index contributed by atoms with van der Waals surface area (Å²) >= 11 is 0. The van der Waals surface area contributed by atoms with Crippen LogP contribution in [0.15, 0.2) is 18.2 Å². The Morgan fingerprint density at radius 3 is 2.80 bits per heavy atom. The Morgan fingerprint density at radius 1 is 1.27 bits per heavy atom. The van der Waals surface area contributed by atoms with Crippen molar-refractivity contribution in [3.8, 4) is 11.8 Å². The number of nitriles is 1. The molecule has 1 aromatic rings. The van der Waals surface area contributed by atoms with Crippen LogP contribution in [0.25, 0.3) is 0 Å². The zero-order valence-corrected chi connectivity index (χ0v) is 8.17. The van der Waals surface area contributed by atoms with Crippen LogP contribution in [0.5, 0.6) is 5.75 Å². The topological polar surface area (TPSA) is 33.0 Å². The Labute approximate surface area is 87.1 Å². The summed E-state index contributed by atoms with van der Waals surface area (Å²) in [4.78, 5) is 0. The molecule has 80 valence electrons. The molecule has 15 heavy (non-hydrogen) atoms. The highest BCUT2D eigenvalue weighted by atomic mass is 19.1. The molecular formula is C11H11F2NO. The maximum atomic E-state index is 13.0. The number of halogens is 2. The molecule has 2 nitrogen and oxygen atoms in total. The maximum absolute atomic E-state index is 13.0. The predicted molar refractivity (Wildman–Crippen MR) is 51.3 cm³/mol. The number of unbranched alkanes of at least 4 members (excludes halogenated alkanes) is 2. The minimum Gasteiger partial charge on any atom is -0.490 e. The SMILES string of the molecule is N#CCCCCOc1cc(F)ccc1F. The zero-order valence-electron chi connectivity index (χ0n) is 8.17. The lowest BCUT2D eigenvalue weighted by molar-refractivity contribution is 0.291. The maximum Gasteiger partial charge on any atom is 0.165 e. The second-order valence-electron chi connectivity index (χ2n) is 3.04. The van der Waals surface area contributed by atoms with Crippen LogP contribution in [0.4, 0.5) is 8.78 Å². The summed E-state index contributed by atoms with van der Waals surface area (Å²) in [5.41, 5.74) is 0. The number of rotatable bonds is 5. The van der Waals surface area contributed by atoms with Gasteiger partial charge in [0.05, 0.1) is 12.7 Å². The van der Waals surface area contributed by atoms with E-state index in [1.54, 1.807) is 0 Å². The molecule has 0 saturated heterocycles. The van der Waals surface area contributed by atoms with Gasteiger partial charge in [0.15, 0.2) is 11.6 Å². The van der Waals surface area contributed by atoms with Crippen molar-refractivity contribution in [3.05, 3.63) is 29.8 Å². The van der Waals surface area contributed by atoms with Crippen LogP contribution in [-0.2, 0) is 0 Å². The fourth-order valence-corrected chi connectivity index (χ4v) is 1.08. The summed E-state index contributed by atoms with van der Waals surface area (Å²) in [5, 5.41) is 8.26. The van der Waals surface area contributed by atoms with Gasteiger partial charge in [-0.2, -0.15) is 5.26 Å². The fourth-order valence-electron chi connectivity index (χ4n) is 1.08. The van der Waals surface area contributed by atoms with Crippen molar-refractivity contribution in [2.45, 2.75) is 19.3 Å². The second-order valence-corrected chi connectivity index (χ2v) is 3.04. The van der Waals surface area contributed by atoms with Gasteiger partial charge in [0.2, 0.25) is 0 Å². The smallest absolute Gasteiger partial charge is 0.165 e. The third-order valence-corrected chi connectivity index (χ3v) is 1.83. The molecule has 0 aliphatic rings. The van der Waals surface area contributed by atoms with E-state index in [0.717, 1.165) is 18.2 Å². The molecule has 1 aromatic carbocycles. The minimum atomic E-state index is -0.573. The molecule has 4 heteroatoms. The quantitative estimate of drug-likeness (QED) is 0.701. The molecule has 0 amide bonds. The molecule has 0 fully saturated rings. The molecule has 0 bridgehead atoms. The summed E-state index contributed by atoms with van der Waals surface area (Å²) < 4.78 is 30.7. The van der Waals surface area contributed by atoms with Gasteiger partial charge in [-0.05, 0) is 25.0 Å². The highest BCUT2D eigenvalue weighted by Crippen LogP contribution is 2.18. The average Bonchev–Trinajstić information content (AvgIpc) is 2.23. The molecule has 0 saturated carbocycles. The third kappa shape index (κ3) is 3.94. The number of benzene rings is 1. The lowest BCUT2D eigenvalue weighted by Gasteiger charge is -2.06. The van der Waals surface area contributed by atoms with Gasteiger partial charge < -0.3 is 4.74 Å². The lowest BCUT2D eigenvalue weighted by Crippen LogP contribution is -1.99. The van der Waals surface area contributed by atoms with E-state index in [-0.39, 0.29) is 5.75 Å². The van der Waals surface area contributed by atoms with Gasteiger partial charge in [0.1, 0.15) is 5.82 Å². The fraction of sp³-hybridized carbons (Fsp3) is 0.364. The summed E-state index contributed by atoms with van der Waals surface area (Å²) in [6, 6.07) is 5.08. The standard InChI is InChI=1S/C11H11F2NO/c12-9-4-5-10(13)11(8-9)15-7-3-1-2-6-14/h4-5,8H,1-3,7H2. The van der Waals surface area contributed by atoms with Crippen molar-refractivity contribution < 1.29 is 13.5 Å². The van der Waals surface area contributed by atoms with Gasteiger partial charge in [0, 0.05) is 12.5 Å². The molecule has 0 radical (unpaired) electrons. The van der Waals surface area contributed by atoms with E-state index in [4.69, 9.17) is 10.00 Å². The molecule has 0 heterocycles. The first kappa shape index (κ1) is 11.4. The van der Waals surface area contributed by atoms with Crippen molar-refractivity contribution >= 4 is 0 Å². The molecule has 0 aliphatic carbocycles. The molecule has 0 atom stereocenters. The van der Waals surface area contributed by atoms with E-state index in [9.17, 15) is 8.78 Å². The Bertz CT molecular complexity index is 360. The van der Waals surface area contributed by atoms with Crippen LogP contribution in [0.1, 0.15) is 19.3 Å². The van der Waals surface area contributed by atoms with Crippen LogP contribution in [0.2, 0.25) is 0 Å². The summed E-state index contributed by atoms with van der Waals surface area (Å²) in [5.74, 6) is -1.17. The Kier molecular flexibility index (Phi) is 4.55. The minimum absolute atomic E-state index is 0.0769.